The Morgan fingerprint density at radius 3 is 2.33 bits per heavy atom. The highest BCUT2D eigenvalue weighted by molar-refractivity contribution is 6.38. The van der Waals surface area contributed by atoms with Crippen LogP contribution < -0.4 is 0 Å². The molecule has 0 aromatic carbocycles. The van der Waals surface area contributed by atoms with Gasteiger partial charge in [-0.2, -0.15) is 0 Å². The van der Waals surface area contributed by atoms with Crippen molar-refractivity contribution < 1.29 is 0 Å². The Kier molecular flexibility index (Phi) is 4.34. The molecule has 0 amide bonds. The molecule has 0 nitrogen and oxygen atoms in total. The number of hydrogen-bond acceptors (Lipinski definition) is 0. The summed E-state index contributed by atoms with van der Waals surface area (Å²) in [6, 6.07) is 0. The number of unbranched alkanes of at least 4 members (excludes halogenated alkanes) is 1. The van der Waals surface area contributed by atoms with E-state index in [9.17, 15) is 0 Å². The van der Waals surface area contributed by atoms with Gasteiger partial charge in [-0.25, -0.2) is 0 Å². The maximum Gasteiger partial charge on any atom is 0.0240 e. The molecular formula is C11H24Si. The first-order chi connectivity index (χ1) is 5.83. The van der Waals surface area contributed by atoms with E-state index in [1.165, 1.54) is 32.1 Å². The predicted octanol–water partition coefficient (Wildman–Crippen LogP) is 3.52. The molecule has 0 unspecified atom stereocenters. The van der Waals surface area contributed by atoms with Crippen molar-refractivity contribution in [2.24, 2.45) is 0 Å². The number of hydrogen-bond donors (Lipinski definition) is 0. The van der Waals surface area contributed by atoms with E-state index < -0.39 is 0 Å². The van der Waals surface area contributed by atoms with Crippen LogP contribution >= 0.6 is 0 Å². The molecule has 0 bridgehead atoms. The molecule has 0 aliphatic heterocycles. The van der Waals surface area contributed by atoms with Crippen LogP contribution in [-0.2, 0) is 0 Å². The molecule has 0 radical (unpaired) electrons. The van der Waals surface area contributed by atoms with Crippen molar-refractivity contribution in [2.45, 2.75) is 69.9 Å². The Hall–Kier alpha value is 0.217. The van der Waals surface area contributed by atoms with Gasteiger partial charge in [0.2, 0.25) is 0 Å². The minimum Gasteiger partial charge on any atom is -0.0744 e. The Morgan fingerprint density at radius 1 is 1.17 bits per heavy atom. The molecule has 0 atom stereocenters. The van der Waals surface area contributed by atoms with Crippen molar-refractivity contribution in [1.29, 1.82) is 0 Å². The van der Waals surface area contributed by atoms with Gasteiger partial charge < -0.3 is 0 Å². The van der Waals surface area contributed by atoms with E-state index in [1.807, 2.05) is 0 Å². The highest BCUT2D eigenvalue weighted by atomic mass is 28.2. The first kappa shape index (κ1) is 10.3. The monoisotopic (exact) mass is 184 g/mol. The summed E-state index contributed by atoms with van der Waals surface area (Å²) < 4.78 is 0. The lowest BCUT2D eigenvalue weighted by molar-refractivity contribution is 0.347. The zero-order valence-corrected chi connectivity index (χ0v) is 10.3. The Morgan fingerprint density at radius 2 is 1.83 bits per heavy atom. The summed E-state index contributed by atoms with van der Waals surface area (Å²) in [5.74, 6) is 0. The molecular weight excluding hydrogens is 160 g/mol. The van der Waals surface area contributed by atoms with Crippen molar-refractivity contribution in [2.75, 3.05) is 0 Å². The summed E-state index contributed by atoms with van der Waals surface area (Å²) in [6.45, 7) is 4.86. The third kappa shape index (κ3) is 2.62. The fourth-order valence-corrected chi connectivity index (χ4v) is 4.44. The molecule has 0 aromatic heterocycles. The second kappa shape index (κ2) is 5.06. The van der Waals surface area contributed by atoms with Crippen molar-refractivity contribution in [3.63, 3.8) is 0 Å². The van der Waals surface area contributed by atoms with Gasteiger partial charge in [0.05, 0.1) is 0 Å². The van der Waals surface area contributed by atoms with E-state index in [0.717, 1.165) is 5.04 Å². The first-order valence-electron chi connectivity index (χ1n) is 5.83. The quantitative estimate of drug-likeness (QED) is 0.587. The van der Waals surface area contributed by atoms with Crippen LogP contribution in [0.15, 0.2) is 0 Å². The molecule has 0 spiro atoms. The average Bonchev–Trinajstić information content (AvgIpc) is 2.16. The van der Waals surface area contributed by atoms with Crippen LogP contribution in [0.3, 0.4) is 0 Å². The third-order valence-corrected chi connectivity index (χ3v) is 6.29. The summed E-state index contributed by atoms with van der Waals surface area (Å²) in [6.07, 6.45) is 12.2. The van der Waals surface area contributed by atoms with E-state index in [4.69, 9.17) is 0 Å². The second-order valence-corrected chi connectivity index (χ2v) is 6.72. The van der Waals surface area contributed by atoms with Gasteiger partial charge in [-0.3, -0.25) is 0 Å². The number of rotatable bonds is 4. The van der Waals surface area contributed by atoms with E-state index in [1.54, 1.807) is 19.3 Å². The van der Waals surface area contributed by atoms with Crippen LogP contribution in [0.25, 0.3) is 0 Å². The fourth-order valence-electron chi connectivity index (χ4n) is 2.63. The van der Waals surface area contributed by atoms with Crippen molar-refractivity contribution in [3.8, 4) is 0 Å². The summed E-state index contributed by atoms with van der Waals surface area (Å²) in [5.41, 5.74) is 0. The molecule has 0 heterocycles. The minimum absolute atomic E-state index is 0.241. The molecule has 72 valence electrons. The Labute approximate surface area is 80.0 Å². The lowest BCUT2D eigenvalue weighted by Gasteiger charge is -2.36. The van der Waals surface area contributed by atoms with Gasteiger partial charge >= 0.3 is 0 Å². The minimum atomic E-state index is 0.241. The lowest BCUT2D eigenvalue weighted by Crippen LogP contribution is -2.21. The van der Waals surface area contributed by atoms with E-state index >= 15 is 0 Å². The van der Waals surface area contributed by atoms with E-state index in [2.05, 4.69) is 13.5 Å². The maximum atomic E-state index is 2.53. The highest BCUT2D eigenvalue weighted by Crippen LogP contribution is 2.46. The van der Waals surface area contributed by atoms with Crippen LogP contribution in [0.5, 0.6) is 0 Å². The molecule has 0 aromatic rings. The molecule has 12 heavy (non-hydrogen) atoms. The molecule has 1 rings (SSSR count). The predicted molar refractivity (Wildman–Crippen MR) is 59.7 cm³/mol. The SMILES string of the molecule is CCCCC1([SiH2]C)CCCCC1. The van der Waals surface area contributed by atoms with Crippen LogP contribution in [0, 0.1) is 0 Å². The smallest absolute Gasteiger partial charge is 0.0240 e. The average molecular weight is 184 g/mol. The van der Waals surface area contributed by atoms with Gasteiger partial charge in [0.15, 0.2) is 0 Å². The van der Waals surface area contributed by atoms with E-state index in [-0.39, 0.29) is 9.52 Å². The Balaban J connectivity index is 2.37. The normalized spacial score (nSPS) is 23.5. The highest BCUT2D eigenvalue weighted by Gasteiger charge is 2.29. The second-order valence-electron chi connectivity index (χ2n) is 4.52. The standard InChI is InChI=1S/C11H24Si/c1-3-4-8-11(12-2)9-6-5-7-10-11/h3-10,12H2,1-2H3. The zero-order chi connectivity index (χ0) is 8.86. The topological polar surface area (TPSA) is 0 Å². The molecule has 0 N–H and O–H groups in total. The fraction of sp³-hybridized carbons (Fsp3) is 1.00. The summed E-state index contributed by atoms with van der Waals surface area (Å²) in [7, 11) is 0.241. The van der Waals surface area contributed by atoms with Crippen LogP contribution in [0.2, 0.25) is 11.6 Å². The van der Waals surface area contributed by atoms with Crippen molar-refractivity contribution >= 4 is 9.52 Å². The van der Waals surface area contributed by atoms with Gasteiger partial charge in [0, 0.05) is 9.52 Å². The molecule has 1 fully saturated rings. The van der Waals surface area contributed by atoms with Crippen LogP contribution in [0.1, 0.15) is 58.3 Å². The van der Waals surface area contributed by atoms with Crippen molar-refractivity contribution in [1.82, 2.24) is 0 Å². The Bertz CT molecular complexity index is 114. The van der Waals surface area contributed by atoms with Crippen molar-refractivity contribution in [3.05, 3.63) is 0 Å². The van der Waals surface area contributed by atoms with Gasteiger partial charge in [-0.1, -0.05) is 64.8 Å². The van der Waals surface area contributed by atoms with Gasteiger partial charge in [0.1, 0.15) is 0 Å². The molecule has 1 aliphatic carbocycles. The third-order valence-electron chi connectivity index (χ3n) is 3.72. The largest absolute Gasteiger partial charge is 0.0744 e. The molecule has 1 saturated carbocycles. The summed E-state index contributed by atoms with van der Waals surface area (Å²) >= 11 is 0. The lowest BCUT2D eigenvalue weighted by atomic mass is 9.84. The van der Waals surface area contributed by atoms with E-state index in [0.29, 0.717) is 0 Å². The van der Waals surface area contributed by atoms with Gasteiger partial charge in [-0.05, 0) is 5.04 Å². The summed E-state index contributed by atoms with van der Waals surface area (Å²) in [5, 5.41) is 0.911. The van der Waals surface area contributed by atoms with Gasteiger partial charge in [0.25, 0.3) is 0 Å². The first-order valence-corrected chi connectivity index (χ1v) is 7.95. The van der Waals surface area contributed by atoms with Crippen LogP contribution in [0.4, 0.5) is 0 Å². The van der Waals surface area contributed by atoms with Crippen LogP contribution in [-0.4, -0.2) is 9.52 Å². The molecule has 1 heteroatoms. The molecule has 1 aliphatic rings. The van der Waals surface area contributed by atoms with Gasteiger partial charge in [-0.15, -0.1) is 0 Å². The molecule has 0 saturated heterocycles. The summed E-state index contributed by atoms with van der Waals surface area (Å²) in [4.78, 5) is 0. The maximum absolute atomic E-state index is 2.53. The zero-order valence-electron chi connectivity index (χ0n) is 8.86.